The highest BCUT2D eigenvalue weighted by Gasteiger charge is 2.09. The lowest BCUT2D eigenvalue weighted by molar-refractivity contribution is -0.121. The molecular weight excluding hydrogens is 336 g/mol. The number of thiocarbonyl (C=S) groups is 1. The SMILES string of the molecule is CCOc1ccccc1NC(=S)NC(=O)COc1ccc(C)cc1C. The Labute approximate surface area is 153 Å². The van der Waals surface area contributed by atoms with Crippen LogP contribution in [0.3, 0.4) is 0 Å². The van der Waals surface area contributed by atoms with E-state index in [4.69, 9.17) is 21.7 Å². The molecule has 0 fully saturated rings. The average molecular weight is 358 g/mol. The number of ether oxygens (including phenoxy) is 2. The summed E-state index contributed by atoms with van der Waals surface area (Å²) in [5.74, 6) is 1.03. The minimum Gasteiger partial charge on any atom is -0.492 e. The van der Waals surface area contributed by atoms with Crippen LogP contribution in [-0.4, -0.2) is 24.2 Å². The molecule has 0 aromatic heterocycles. The molecule has 0 heterocycles. The Morgan fingerprint density at radius 1 is 1.08 bits per heavy atom. The molecule has 132 valence electrons. The number of para-hydroxylation sites is 2. The van der Waals surface area contributed by atoms with Crippen LogP contribution >= 0.6 is 12.2 Å². The normalized spacial score (nSPS) is 10.0. The standard InChI is InChI=1S/C19H22N2O3S/c1-4-23-17-8-6-5-7-15(17)20-19(25)21-18(22)12-24-16-10-9-13(2)11-14(16)3/h5-11H,4,12H2,1-3H3,(H2,20,21,22,25). The van der Waals surface area contributed by atoms with Gasteiger partial charge in [0, 0.05) is 0 Å². The highest BCUT2D eigenvalue weighted by molar-refractivity contribution is 7.80. The molecule has 6 heteroatoms. The quantitative estimate of drug-likeness (QED) is 0.773. The monoisotopic (exact) mass is 358 g/mol. The molecular formula is C19H22N2O3S. The van der Waals surface area contributed by atoms with Gasteiger partial charge in [-0.15, -0.1) is 0 Å². The molecule has 0 aliphatic carbocycles. The number of nitrogens with one attached hydrogen (secondary N) is 2. The Hall–Kier alpha value is -2.60. The third-order valence-corrected chi connectivity index (χ3v) is 3.58. The fourth-order valence-electron chi connectivity index (χ4n) is 2.27. The second-order valence-electron chi connectivity index (χ2n) is 5.49. The number of anilines is 1. The van der Waals surface area contributed by atoms with Gasteiger partial charge in [0.15, 0.2) is 11.7 Å². The summed E-state index contributed by atoms with van der Waals surface area (Å²) in [6.07, 6.45) is 0. The van der Waals surface area contributed by atoms with Crippen molar-refractivity contribution in [2.24, 2.45) is 0 Å². The first kappa shape index (κ1) is 18.7. The molecule has 0 aliphatic rings. The lowest BCUT2D eigenvalue weighted by atomic mass is 10.1. The molecule has 0 atom stereocenters. The zero-order valence-corrected chi connectivity index (χ0v) is 15.4. The van der Waals surface area contributed by atoms with E-state index in [1.807, 2.05) is 63.2 Å². The van der Waals surface area contributed by atoms with Gasteiger partial charge in [0.05, 0.1) is 12.3 Å². The van der Waals surface area contributed by atoms with E-state index in [1.165, 1.54) is 0 Å². The van der Waals surface area contributed by atoms with E-state index in [0.717, 1.165) is 11.1 Å². The Kier molecular flexibility index (Phi) is 6.77. The Balaban J connectivity index is 1.87. The maximum Gasteiger partial charge on any atom is 0.264 e. The van der Waals surface area contributed by atoms with Crippen LogP contribution in [0.4, 0.5) is 5.69 Å². The third-order valence-electron chi connectivity index (χ3n) is 3.38. The fourth-order valence-corrected chi connectivity index (χ4v) is 2.50. The highest BCUT2D eigenvalue weighted by atomic mass is 32.1. The number of hydrogen-bond acceptors (Lipinski definition) is 4. The van der Waals surface area contributed by atoms with Crippen molar-refractivity contribution in [3.8, 4) is 11.5 Å². The molecule has 2 N–H and O–H groups in total. The van der Waals surface area contributed by atoms with Crippen LogP contribution in [0.2, 0.25) is 0 Å². The van der Waals surface area contributed by atoms with E-state index in [2.05, 4.69) is 10.6 Å². The van der Waals surface area contributed by atoms with Gasteiger partial charge in [-0.25, -0.2) is 0 Å². The summed E-state index contributed by atoms with van der Waals surface area (Å²) in [6, 6.07) is 13.2. The van der Waals surface area contributed by atoms with Crippen molar-refractivity contribution in [2.45, 2.75) is 20.8 Å². The van der Waals surface area contributed by atoms with Crippen LogP contribution in [0.15, 0.2) is 42.5 Å². The summed E-state index contributed by atoms with van der Waals surface area (Å²) in [5, 5.41) is 5.76. The van der Waals surface area contributed by atoms with Gasteiger partial charge in [0.1, 0.15) is 11.5 Å². The number of amides is 1. The molecule has 1 amide bonds. The first-order valence-electron chi connectivity index (χ1n) is 8.02. The summed E-state index contributed by atoms with van der Waals surface area (Å²) in [7, 11) is 0. The zero-order chi connectivity index (χ0) is 18.2. The van der Waals surface area contributed by atoms with Crippen LogP contribution in [0, 0.1) is 13.8 Å². The molecule has 2 aromatic rings. The summed E-state index contributed by atoms with van der Waals surface area (Å²) in [6.45, 7) is 6.28. The Morgan fingerprint density at radius 2 is 1.84 bits per heavy atom. The molecule has 2 aromatic carbocycles. The second kappa shape index (κ2) is 9.03. The largest absolute Gasteiger partial charge is 0.492 e. The Bertz CT molecular complexity index is 762. The molecule has 0 unspecified atom stereocenters. The molecule has 0 bridgehead atoms. The van der Waals surface area contributed by atoms with E-state index in [1.54, 1.807) is 0 Å². The van der Waals surface area contributed by atoms with Crippen LogP contribution in [0.5, 0.6) is 11.5 Å². The smallest absolute Gasteiger partial charge is 0.264 e. The van der Waals surface area contributed by atoms with Gasteiger partial charge >= 0.3 is 0 Å². The third kappa shape index (κ3) is 5.76. The predicted octanol–water partition coefficient (Wildman–Crippen LogP) is 3.59. The van der Waals surface area contributed by atoms with Crippen molar-refractivity contribution in [3.05, 3.63) is 53.6 Å². The molecule has 0 saturated heterocycles. The highest BCUT2D eigenvalue weighted by Crippen LogP contribution is 2.23. The van der Waals surface area contributed by atoms with Crippen molar-refractivity contribution in [3.63, 3.8) is 0 Å². The zero-order valence-electron chi connectivity index (χ0n) is 14.6. The van der Waals surface area contributed by atoms with E-state index in [-0.39, 0.29) is 17.6 Å². The fraction of sp³-hybridized carbons (Fsp3) is 0.263. The van der Waals surface area contributed by atoms with Crippen molar-refractivity contribution in [2.75, 3.05) is 18.5 Å². The maximum absolute atomic E-state index is 12.0. The second-order valence-corrected chi connectivity index (χ2v) is 5.90. The van der Waals surface area contributed by atoms with Crippen molar-refractivity contribution >= 4 is 28.9 Å². The van der Waals surface area contributed by atoms with E-state index >= 15 is 0 Å². The van der Waals surface area contributed by atoms with Crippen molar-refractivity contribution in [1.29, 1.82) is 0 Å². The number of carbonyl (C=O) groups is 1. The minimum atomic E-state index is -0.327. The van der Waals surface area contributed by atoms with Gasteiger partial charge < -0.3 is 14.8 Å². The van der Waals surface area contributed by atoms with Gasteiger partial charge in [-0.1, -0.05) is 29.8 Å². The topological polar surface area (TPSA) is 59.6 Å². The lowest BCUT2D eigenvalue weighted by Crippen LogP contribution is -2.37. The maximum atomic E-state index is 12.0. The number of hydrogen-bond donors (Lipinski definition) is 2. The molecule has 0 spiro atoms. The molecule has 25 heavy (non-hydrogen) atoms. The van der Waals surface area contributed by atoms with Gasteiger partial charge in [0.2, 0.25) is 0 Å². The van der Waals surface area contributed by atoms with Crippen LogP contribution in [-0.2, 0) is 4.79 Å². The number of carbonyl (C=O) groups excluding carboxylic acids is 1. The van der Waals surface area contributed by atoms with Crippen LogP contribution in [0.1, 0.15) is 18.1 Å². The van der Waals surface area contributed by atoms with Crippen LogP contribution < -0.4 is 20.1 Å². The van der Waals surface area contributed by atoms with E-state index in [9.17, 15) is 4.79 Å². The molecule has 0 saturated carbocycles. The molecule has 5 nitrogen and oxygen atoms in total. The van der Waals surface area contributed by atoms with Gasteiger partial charge in [-0.05, 0) is 56.8 Å². The predicted molar refractivity (Wildman–Crippen MR) is 103 cm³/mol. The average Bonchev–Trinajstić information content (AvgIpc) is 2.56. The molecule has 0 aliphatic heterocycles. The minimum absolute atomic E-state index is 0.112. The number of benzene rings is 2. The lowest BCUT2D eigenvalue weighted by Gasteiger charge is -2.14. The summed E-state index contributed by atoms with van der Waals surface area (Å²) >= 11 is 5.18. The molecule has 2 rings (SSSR count). The Morgan fingerprint density at radius 3 is 2.56 bits per heavy atom. The molecule has 0 radical (unpaired) electrons. The van der Waals surface area contributed by atoms with E-state index < -0.39 is 0 Å². The summed E-state index contributed by atoms with van der Waals surface area (Å²) in [4.78, 5) is 12.0. The van der Waals surface area contributed by atoms with Gasteiger partial charge in [-0.2, -0.15) is 0 Å². The van der Waals surface area contributed by atoms with Crippen molar-refractivity contribution < 1.29 is 14.3 Å². The van der Waals surface area contributed by atoms with E-state index in [0.29, 0.717) is 23.8 Å². The summed E-state index contributed by atoms with van der Waals surface area (Å²) in [5.41, 5.74) is 2.83. The van der Waals surface area contributed by atoms with Crippen LogP contribution in [0.25, 0.3) is 0 Å². The number of aryl methyl sites for hydroxylation is 2. The first-order valence-corrected chi connectivity index (χ1v) is 8.43. The van der Waals surface area contributed by atoms with Crippen molar-refractivity contribution in [1.82, 2.24) is 5.32 Å². The van der Waals surface area contributed by atoms with Gasteiger partial charge in [-0.3, -0.25) is 10.1 Å². The first-order chi connectivity index (χ1) is 12.0. The van der Waals surface area contributed by atoms with Gasteiger partial charge in [0.25, 0.3) is 5.91 Å². The number of rotatable bonds is 6. The summed E-state index contributed by atoms with van der Waals surface area (Å²) < 4.78 is 11.1.